The lowest BCUT2D eigenvalue weighted by Gasteiger charge is -2.28. The van der Waals surface area contributed by atoms with Gasteiger partial charge in [-0.25, -0.2) is 8.42 Å². The van der Waals surface area contributed by atoms with E-state index in [0.29, 0.717) is 0 Å². The number of sulfone groups is 1. The first kappa shape index (κ1) is 13.2. The summed E-state index contributed by atoms with van der Waals surface area (Å²) in [5.74, 6) is -0.0473. The molecule has 0 aromatic rings. The molecular weight excluding hydrogens is 212 g/mol. The summed E-state index contributed by atoms with van der Waals surface area (Å²) in [7, 11) is -3.37. The number of rotatable bonds is 3. The van der Waals surface area contributed by atoms with Gasteiger partial charge in [0.05, 0.1) is 6.10 Å². The lowest BCUT2D eigenvalue weighted by Crippen LogP contribution is -2.39. The van der Waals surface area contributed by atoms with Gasteiger partial charge >= 0.3 is 0 Å². The van der Waals surface area contributed by atoms with E-state index < -0.39 is 26.1 Å². The molecule has 0 radical (unpaired) electrons. The molecule has 0 aromatic heterocycles. The monoisotopic (exact) mass is 228 g/mol. The van der Waals surface area contributed by atoms with Crippen LogP contribution in [0.2, 0.25) is 0 Å². The van der Waals surface area contributed by atoms with Gasteiger partial charge < -0.3 is 5.11 Å². The van der Waals surface area contributed by atoms with Gasteiger partial charge in [0.2, 0.25) is 0 Å². The second-order valence-electron chi connectivity index (χ2n) is 4.11. The van der Waals surface area contributed by atoms with Crippen LogP contribution in [0.1, 0.15) is 27.7 Å². The van der Waals surface area contributed by atoms with E-state index in [0.717, 1.165) is 0 Å². The van der Waals surface area contributed by atoms with Crippen molar-refractivity contribution in [2.24, 2.45) is 5.41 Å². The maximum absolute atomic E-state index is 11.3. The normalized spacial score (nSPS) is 18.3. The molecule has 0 heterocycles. The van der Waals surface area contributed by atoms with Crippen LogP contribution in [-0.4, -0.2) is 30.1 Å². The zero-order chi connectivity index (χ0) is 10.9. The van der Waals surface area contributed by atoms with Gasteiger partial charge in [-0.2, -0.15) is 0 Å². The smallest absolute Gasteiger partial charge is 0.169 e. The van der Waals surface area contributed by atoms with E-state index in [4.69, 9.17) is 11.6 Å². The Bertz CT molecular complexity index is 253. The predicted octanol–water partition coefficient (Wildman–Crippen LogP) is 1.39. The Morgan fingerprint density at radius 3 is 2.00 bits per heavy atom. The molecule has 0 aliphatic heterocycles. The molecule has 0 unspecified atom stereocenters. The van der Waals surface area contributed by atoms with E-state index in [1.165, 1.54) is 6.92 Å². The number of halogens is 1. The van der Waals surface area contributed by atoms with Crippen LogP contribution in [0.3, 0.4) is 0 Å². The van der Waals surface area contributed by atoms with Crippen molar-refractivity contribution in [2.45, 2.75) is 38.5 Å². The molecule has 0 rings (SSSR count). The van der Waals surface area contributed by atoms with E-state index in [2.05, 4.69) is 0 Å². The van der Waals surface area contributed by atoms with Gasteiger partial charge in [0.15, 0.2) is 14.5 Å². The fraction of sp³-hybridized carbons (Fsp3) is 1.00. The summed E-state index contributed by atoms with van der Waals surface area (Å²) in [6.45, 7) is 6.76. The SMILES string of the molecule is CCS(=O)(=O)[C@@H](Cl)[C@@H](O)C(C)(C)C. The van der Waals surface area contributed by atoms with Crippen LogP contribution in [0.15, 0.2) is 0 Å². The zero-order valence-corrected chi connectivity index (χ0v) is 9.98. The number of alkyl halides is 1. The van der Waals surface area contributed by atoms with Gasteiger partial charge in [0.25, 0.3) is 0 Å². The van der Waals surface area contributed by atoms with Gasteiger partial charge in [-0.05, 0) is 5.41 Å². The quantitative estimate of drug-likeness (QED) is 0.743. The average molecular weight is 229 g/mol. The molecule has 0 bridgehead atoms. The van der Waals surface area contributed by atoms with Gasteiger partial charge in [0, 0.05) is 5.75 Å². The number of aliphatic hydroxyl groups excluding tert-OH is 1. The first-order valence-corrected chi connectivity index (χ1v) is 6.32. The minimum atomic E-state index is -3.37. The summed E-state index contributed by atoms with van der Waals surface area (Å²) < 4.78 is 21.4. The highest BCUT2D eigenvalue weighted by molar-refractivity contribution is 7.93. The molecule has 1 N–H and O–H groups in total. The highest BCUT2D eigenvalue weighted by atomic mass is 35.5. The van der Waals surface area contributed by atoms with Crippen molar-refractivity contribution in [3.63, 3.8) is 0 Å². The highest BCUT2D eigenvalue weighted by Gasteiger charge is 2.36. The Hall–Kier alpha value is 0.200. The van der Waals surface area contributed by atoms with Crippen LogP contribution in [0.25, 0.3) is 0 Å². The third-order valence-electron chi connectivity index (χ3n) is 1.88. The van der Waals surface area contributed by atoms with Crippen molar-refractivity contribution >= 4 is 21.4 Å². The Kier molecular flexibility index (Phi) is 4.22. The van der Waals surface area contributed by atoms with Gasteiger partial charge in [-0.15, -0.1) is 11.6 Å². The van der Waals surface area contributed by atoms with Crippen molar-refractivity contribution in [1.29, 1.82) is 0 Å². The molecule has 3 nitrogen and oxygen atoms in total. The van der Waals surface area contributed by atoms with Gasteiger partial charge in [0.1, 0.15) is 0 Å². The van der Waals surface area contributed by atoms with Gasteiger partial charge in [-0.3, -0.25) is 0 Å². The van der Waals surface area contributed by atoms with Crippen LogP contribution >= 0.6 is 11.6 Å². The fourth-order valence-corrected chi connectivity index (χ4v) is 2.62. The van der Waals surface area contributed by atoms with Crippen LogP contribution < -0.4 is 0 Å². The maximum atomic E-state index is 11.3. The van der Waals surface area contributed by atoms with Crippen molar-refractivity contribution in [3.8, 4) is 0 Å². The first-order chi connectivity index (χ1) is 5.63. The van der Waals surface area contributed by atoms with Crippen LogP contribution in [-0.2, 0) is 9.84 Å². The standard InChI is InChI=1S/C8H17ClO3S/c1-5-13(11,12)7(9)6(10)8(2,3)4/h6-7,10H,5H2,1-4H3/t6-,7-/m1/s1. The van der Waals surface area contributed by atoms with Crippen molar-refractivity contribution < 1.29 is 13.5 Å². The summed E-state index contributed by atoms with van der Waals surface area (Å²) in [5, 5.41) is 9.61. The summed E-state index contributed by atoms with van der Waals surface area (Å²) in [5.41, 5.74) is -0.519. The van der Waals surface area contributed by atoms with E-state index in [-0.39, 0.29) is 5.75 Å². The lowest BCUT2D eigenvalue weighted by atomic mass is 9.90. The highest BCUT2D eigenvalue weighted by Crippen LogP contribution is 2.27. The number of hydrogen-bond donors (Lipinski definition) is 1. The predicted molar refractivity (Wildman–Crippen MR) is 54.6 cm³/mol. The van der Waals surface area contributed by atoms with Gasteiger partial charge in [-0.1, -0.05) is 27.7 Å². The molecular formula is C8H17ClO3S. The van der Waals surface area contributed by atoms with Crippen LogP contribution in [0.4, 0.5) is 0 Å². The average Bonchev–Trinajstić information content (AvgIpc) is 2.00. The summed E-state index contributed by atoms with van der Waals surface area (Å²) in [4.78, 5) is 0. The molecule has 0 aliphatic rings. The van der Waals surface area contributed by atoms with E-state index in [1.54, 1.807) is 20.8 Å². The number of aliphatic hydroxyl groups is 1. The minimum absolute atomic E-state index is 0.0473. The minimum Gasteiger partial charge on any atom is -0.390 e. The topological polar surface area (TPSA) is 54.4 Å². The molecule has 0 spiro atoms. The Labute approximate surface area is 85.0 Å². The second kappa shape index (κ2) is 4.15. The van der Waals surface area contributed by atoms with E-state index in [1.807, 2.05) is 0 Å². The molecule has 13 heavy (non-hydrogen) atoms. The summed E-state index contributed by atoms with van der Waals surface area (Å²) in [6.07, 6.45) is -1.04. The van der Waals surface area contributed by atoms with Crippen molar-refractivity contribution in [3.05, 3.63) is 0 Å². The fourth-order valence-electron chi connectivity index (χ4n) is 0.749. The summed E-state index contributed by atoms with van der Waals surface area (Å²) in [6, 6.07) is 0. The molecule has 0 saturated carbocycles. The van der Waals surface area contributed by atoms with E-state index in [9.17, 15) is 13.5 Å². The van der Waals surface area contributed by atoms with Crippen LogP contribution in [0.5, 0.6) is 0 Å². The Balaban J connectivity index is 4.73. The number of hydrogen-bond acceptors (Lipinski definition) is 3. The zero-order valence-electron chi connectivity index (χ0n) is 8.41. The van der Waals surface area contributed by atoms with Crippen molar-refractivity contribution in [2.75, 3.05) is 5.75 Å². The Morgan fingerprint density at radius 2 is 1.77 bits per heavy atom. The van der Waals surface area contributed by atoms with Crippen LogP contribution in [0, 0.1) is 5.41 Å². The maximum Gasteiger partial charge on any atom is 0.169 e. The third-order valence-corrected chi connectivity index (χ3v) is 4.68. The first-order valence-electron chi connectivity index (χ1n) is 4.16. The molecule has 2 atom stereocenters. The molecule has 5 heteroatoms. The largest absolute Gasteiger partial charge is 0.390 e. The molecule has 0 fully saturated rings. The molecule has 0 aromatic carbocycles. The second-order valence-corrected chi connectivity index (χ2v) is 7.25. The lowest BCUT2D eigenvalue weighted by molar-refractivity contribution is 0.0746. The summed E-state index contributed by atoms with van der Waals surface area (Å²) >= 11 is 5.67. The van der Waals surface area contributed by atoms with Crippen molar-refractivity contribution in [1.82, 2.24) is 0 Å². The molecule has 0 saturated heterocycles. The Morgan fingerprint density at radius 1 is 1.38 bits per heavy atom. The third kappa shape index (κ3) is 3.44. The molecule has 0 aliphatic carbocycles. The molecule has 0 amide bonds. The molecule has 80 valence electrons. The van der Waals surface area contributed by atoms with E-state index >= 15 is 0 Å².